The summed E-state index contributed by atoms with van der Waals surface area (Å²) in [6.45, 7) is 4.85. The van der Waals surface area contributed by atoms with Crippen LogP contribution in [0.4, 0.5) is 0 Å². The fourth-order valence-electron chi connectivity index (χ4n) is 2.59. The highest BCUT2D eigenvalue weighted by molar-refractivity contribution is 5.93. The lowest BCUT2D eigenvalue weighted by Gasteiger charge is -2.29. The summed E-state index contributed by atoms with van der Waals surface area (Å²) < 4.78 is 5.22. The smallest absolute Gasteiger partial charge is 0.265 e. The molecule has 5 nitrogen and oxygen atoms in total. The third kappa shape index (κ3) is 4.52. The summed E-state index contributed by atoms with van der Waals surface area (Å²) in [5.41, 5.74) is 3.93. The molecule has 1 aliphatic rings. The summed E-state index contributed by atoms with van der Waals surface area (Å²) >= 11 is 0. The third-order valence-corrected chi connectivity index (χ3v) is 4.20. The summed E-state index contributed by atoms with van der Waals surface area (Å²) in [6, 6.07) is 8.18. The number of hydrazine groups is 1. The van der Waals surface area contributed by atoms with Gasteiger partial charge in [0.2, 0.25) is 0 Å². The molecule has 1 aromatic rings. The first kappa shape index (κ1) is 15.9. The van der Waals surface area contributed by atoms with Crippen LogP contribution >= 0.6 is 0 Å². The maximum atomic E-state index is 11.4. The minimum atomic E-state index is -0.260. The zero-order chi connectivity index (χ0) is 15.2. The van der Waals surface area contributed by atoms with E-state index < -0.39 is 0 Å². The molecule has 3 N–H and O–H groups in total. The largest absolute Gasteiger partial charge is 0.383 e. The molecule has 0 bridgehead atoms. The van der Waals surface area contributed by atoms with Crippen LogP contribution in [0, 0.1) is 5.92 Å². The van der Waals surface area contributed by atoms with Crippen molar-refractivity contribution < 1.29 is 9.53 Å². The molecule has 21 heavy (non-hydrogen) atoms. The Bertz CT molecular complexity index is 457. The van der Waals surface area contributed by atoms with Crippen LogP contribution in [0.3, 0.4) is 0 Å². The van der Waals surface area contributed by atoms with Crippen molar-refractivity contribution in [2.45, 2.75) is 32.4 Å². The Labute approximate surface area is 126 Å². The SMILES string of the molecule is COCCN(Cc1ccc(C(=O)NN)cc1)C(C)C1CC1. The summed E-state index contributed by atoms with van der Waals surface area (Å²) in [5.74, 6) is 5.70. The molecule has 1 atom stereocenters. The summed E-state index contributed by atoms with van der Waals surface area (Å²) in [5, 5.41) is 0. The van der Waals surface area contributed by atoms with Gasteiger partial charge in [-0.15, -0.1) is 0 Å². The van der Waals surface area contributed by atoms with E-state index in [1.807, 2.05) is 24.3 Å². The van der Waals surface area contributed by atoms with E-state index in [9.17, 15) is 4.79 Å². The predicted octanol–water partition coefficient (Wildman–Crippen LogP) is 1.54. The Morgan fingerprint density at radius 1 is 1.43 bits per heavy atom. The highest BCUT2D eigenvalue weighted by Gasteiger charge is 2.31. The van der Waals surface area contributed by atoms with Gasteiger partial charge in [-0.05, 0) is 43.4 Å². The second kappa shape index (κ2) is 7.54. The minimum absolute atomic E-state index is 0.260. The maximum Gasteiger partial charge on any atom is 0.265 e. The number of nitrogens with one attached hydrogen (secondary N) is 1. The molecule has 0 heterocycles. The fourth-order valence-corrected chi connectivity index (χ4v) is 2.59. The van der Waals surface area contributed by atoms with Crippen molar-refractivity contribution in [3.05, 3.63) is 35.4 Å². The Morgan fingerprint density at radius 2 is 2.10 bits per heavy atom. The molecule has 0 aromatic heterocycles. The zero-order valence-corrected chi connectivity index (χ0v) is 12.8. The number of rotatable bonds is 8. The molecule has 0 saturated heterocycles. The maximum absolute atomic E-state index is 11.4. The predicted molar refractivity (Wildman–Crippen MR) is 82.6 cm³/mol. The standard InChI is InChI=1S/C16H25N3O2/c1-12(14-7-8-14)19(9-10-21-2)11-13-3-5-15(6-4-13)16(20)18-17/h3-6,12,14H,7-11,17H2,1-2H3,(H,18,20). The second-order valence-corrected chi connectivity index (χ2v) is 5.71. The highest BCUT2D eigenvalue weighted by atomic mass is 16.5. The Kier molecular flexibility index (Phi) is 5.73. The van der Waals surface area contributed by atoms with Crippen LogP contribution in [-0.4, -0.2) is 37.1 Å². The summed E-state index contributed by atoms with van der Waals surface area (Å²) in [7, 11) is 1.74. The molecule has 116 valence electrons. The number of nitrogens with two attached hydrogens (primary N) is 1. The van der Waals surface area contributed by atoms with E-state index >= 15 is 0 Å². The van der Waals surface area contributed by atoms with Gasteiger partial charge in [-0.1, -0.05) is 12.1 Å². The lowest BCUT2D eigenvalue weighted by atomic mass is 10.1. The lowest BCUT2D eigenvalue weighted by Crippen LogP contribution is -2.36. The molecular weight excluding hydrogens is 266 g/mol. The molecule has 2 rings (SSSR count). The number of ether oxygens (including phenoxy) is 1. The number of nitrogen functional groups attached to an aromatic ring is 1. The van der Waals surface area contributed by atoms with Crippen molar-refractivity contribution in [3.63, 3.8) is 0 Å². The van der Waals surface area contributed by atoms with E-state index in [1.54, 1.807) is 7.11 Å². The molecule has 0 radical (unpaired) electrons. The normalized spacial score (nSPS) is 16.0. The molecule has 0 aliphatic heterocycles. The Hall–Kier alpha value is -1.43. The van der Waals surface area contributed by atoms with Gasteiger partial charge in [0.1, 0.15) is 0 Å². The van der Waals surface area contributed by atoms with Crippen molar-refractivity contribution >= 4 is 5.91 Å². The van der Waals surface area contributed by atoms with Gasteiger partial charge in [-0.25, -0.2) is 5.84 Å². The van der Waals surface area contributed by atoms with Crippen LogP contribution in [0.2, 0.25) is 0 Å². The van der Waals surface area contributed by atoms with Crippen LogP contribution in [0.15, 0.2) is 24.3 Å². The highest BCUT2D eigenvalue weighted by Crippen LogP contribution is 2.35. The van der Waals surface area contributed by atoms with Crippen molar-refractivity contribution in [1.82, 2.24) is 10.3 Å². The Balaban J connectivity index is 1.99. The summed E-state index contributed by atoms with van der Waals surface area (Å²) in [6.07, 6.45) is 2.67. The minimum Gasteiger partial charge on any atom is -0.383 e. The van der Waals surface area contributed by atoms with E-state index in [1.165, 1.54) is 18.4 Å². The molecule has 1 amide bonds. The van der Waals surface area contributed by atoms with Gasteiger partial charge in [0.15, 0.2) is 0 Å². The van der Waals surface area contributed by atoms with E-state index in [0.717, 1.165) is 25.6 Å². The van der Waals surface area contributed by atoms with Gasteiger partial charge in [0.25, 0.3) is 5.91 Å². The molecule has 1 unspecified atom stereocenters. The quantitative estimate of drug-likeness (QED) is 0.433. The number of hydrogen-bond acceptors (Lipinski definition) is 4. The zero-order valence-electron chi connectivity index (χ0n) is 12.8. The molecule has 0 spiro atoms. The van der Waals surface area contributed by atoms with E-state index in [-0.39, 0.29) is 5.91 Å². The number of nitrogens with zero attached hydrogens (tertiary/aromatic N) is 1. The first-order chi connectivity index (χ1) is 10.2. The second-order valence-electron chi connectivity index (χ2n) is 5.71. The van der Waals surface area contributed by atoms with Gasteiger partial charge in [-0.3, -0.25) is 15.1 Å². The average molecular weight is 291 g/mol. The van der Waals surface area contributed by atoms with Crippen LogP contribution in [0.25, 0.3) is 0 Å². The van der Waals surface area contributed by atoms with Crippen LogP contribution in [0.1, 0.15) is 35.7 Å². The molecule has 1 aliphatic carbocycles. The van der Waals surface area contributed by atoms with E-state index in [2.05, 4.69) is 17.2 Å². The van der Waals surface area contributed by atoms with Gasteiger partial charge in [-0.2, -0.15) is 0 Å². The van der Waals surface area contributed by atoms with Crippen molar-refractivity contribution in [1.29, 1.82) is 0 Å². The monoisotopic (exact) mass is 291 g/mol. The first-order valence-electron chi connectivity index (χ1n) is 7.48. The molecular formula is C16H25N3O2. The number of carbonyl (C=O) groups excluding carboxylic acids is 1. The lowest BCUT2D eigenvalue weighted by molar-refractivity contribution is 0.0953. The van der Waals surface area contributed by atoms with Crippen LogP contribution in [-0.2, 0) is 11.3 Å². The van der Waals surface area contributed by atoms with Crippen LogP contribution < -0.4 is 11.3 Å². The number of benzene rings is 1. The van der Waals surface area contributed by atoms with Crippen LogP contribution in [0.5, 0.6) is 0 Å². The van der Waals surface area contributed by atoms with Gasteiger partial charge in [0.05, 0.1) is 6.61 Å². The fraction of sp³-hybridized carbons (Fsp3) is 0.562. The summed E-state index contributed by atoms with van der Waals surface area (Å²) in [4.78, 5) is 13.9. The average Bonchev–Trinajstić information content (AvgIpc) is 3.35. The van der Waals surface area contributed by atoms with Crippen molar-refractivity contribution in [2.24, 2.45) is 11.8 Å². The van der Waals surface area contributed by atoms with Gasteiger partial charge in [0, 0.05) is 31.8 Å². The van der Waals surface area contributed by atoms with E-state index in [0.29, 0.717) is 11.6 Å². The first-order valence-corrected chi connectivity index (χ1v) is 7.48. The van der Waals surface area contributed by atoms with Gasteiger partial charge >= 0.3 is 0 Å². The molecule has 1 saturated carbocycles. The van der Waals surface area contributed by atoms with Crippen molar-refractivity contribution in [3.8, 4) is 0 Å². The number of methoxy groups -OCH3 is 1. The van der Waals surface area contributed by atoms with Crippen molar-refractivity contribution in [2.75, 3.05) is 20.3 Å². The molecule has 5 heteroatoms. The molecule has 1 fully saturated rings. The topological polar surface area (TPSA) is 67.6 Å². The van der Waals surface area contributed by atoms with Gasteiger partial charge < -0.3 is 4.74 Å². The van der Waals surface area contributed by atoms with E-state index in [4.69, 9.17) is 10.6 Å². The number of amides is 1. The Morgan fingerprint density at radius 3 is 2.62 bits per heavy atom. The number of hydrogen-bond donors (Lipinski definition) is 2. The molecule has 1 aromatic carbocycles. The number of carbonyl (C=O) groups is 1. The third-order valence-electron chi connectivity index (χ3n) is 4.20.